The van der Waals surface area contributed by atoms with Crippen molar-refractivity contribution in [3.8, 4) is 5.75 Å². The van der Waals surface area contributed by atoms with Crippen LogP contribution in [0, 0.1) is 0 Å². The van der Waals surface area contributed by atoms with Crippen molar-refractivity contribution in [2.45, 2.75) is 18.3 Å². The number of hydrogen-bond acceptors (Lipinski definition) is 8. The van der Waals surface area contributed by atoms with Gasteiger partial charge in [-0.25, -0.2) is 14.4 Å². The molecule has 3 atom stereocenters. The number of carbonyl (C=O) groups is 4. The minimum Gasteiger partial charge on any atom is -0.483 e. The number of carbonyl (C=O) groups excluding carboxylic acids is 4. The monoisotopic (exact) mass is 688 g/mol. The van der Waals surface area contributed by atoms with Crippen LogP contribution in [-0.4, -0.2) is 49.1 Å². The Bertz CT molecular complexity index is 2400. The molecule has 0 amide bonds. The van der Waals surface area contributed by atoms with E-state index in [4.69, 9.17) is 18.9 Å². The zero-order valence-electron chi connectivity index (χ0n) is 27.8. The third-order valence-electron chi connectivity index (χ3n) is 8.68. The maximum Gasteiger partial charge on any atom is 0.338 e. The summed E-state index contributed by atoms with van der Waals surface area (Å²) in [5, 5.41) is 5.22. The first kappa shape index (κ1) is 33.7. The van der Waals surface area contributed by atoms with E-state index in [9.17, 15) is 19.2 Å². The van der Waals surface area contributed by atoms with E-state index >= 15 is 0 Å². The quantitative estimate of drug-likeness (QED) is 0.0716. The number of rotatable bonds is 12. The first-order valence-corrected chi connectivity index (χ1v) is 16.7. The first-order chi connectivity index (χ1) is 25.4. The molecule has 0 aromatic heterocycles. The Morgan fingerprint density at radius 2 is 0.904 bits per heavy atom. The van der Waals surface area contributed by atoms with Gasteiger partial charge in [0.2, 0.25) is 0 Å². The number of ether oxygens (including phenoxy) is 4. The van der Waals surface area contributed by atoms with Gasteiger partial charge in [0.15, 0.2) is 24.6 Å². The molecule has 0 aliphatic rings. The number of benzene rings is 7. The van der Waals surface area contributed by atoms with Gasteiger partial charge in [0.25, 0.3) is 0 Å². The summed E-state index contributed by atoms with van der Waals surface area (Å²) >= 11 is 0. The Kier molecular flexibility index (Phi) is 9.97. The normalized spacial score (nSPS) is 12.8. The molecule has 0 N–H and O–H groups in total. The maximum atomic E-state index is 13.8. The highest BCUT2D eigenvalue weighted by Crippen LogP contribution is 2.24. The summed E-state index contributed by atoms with van der Waals surface area (Å²) in [6.45, 7) is -0.464. The molecule has 0 unspecified atom stereocenters. The topological polar surface area (TPSA) is 105 Å². The Hall–Kier alpha value is -6.80. The highest BCUT2D eigenvalue weighted by molar-refractivity contribution is 5.98. The van der Waals surface area contributed by atoms with Gasteiger partial charge < -0.3 is 18.9 Å². The fraction of sp³-hybridized carbons (Fsp3) is 0.0909. The van der Waals surface area contributed by atoms with Crippen LogP contribution in [0.4, 0.5) is 0 Å². The lowest BCUT2D eigenvalue weighted by Gasteiger charge is -2.30. The summed E-state index contributed by atoms with van der Waals surface area (Å²) in [6.07, 6.45) is -4.12. The van der Waals surface area contributed by atoms with Gasteiger partial charge in [0.1, 0.15) is 12.4 Å². The van der Waals surface area contributed by atoms with E-state index < -0.39 is 42.8 Å². The van der Waals surface area contributed by atoms with Crippen LogP contribution in [0.2, 0.25) is 0 Å². The van der Waals surface area contributed by atoms with E-state index in [1.54, 1.807) is 78.9 Å². The third kappa shape index (κ3) is 7.66. The lowest BCUT2D eigenvalue weighted by atomic mass is 10.1. The molecular weight excluding hydrogens is 656 g/mol. The molecule has 7 aromatic rings. The Morgan fingerprint density at radius 3 is 1.38 bits per heavy atom. The van der Waals surface area contributed by atoms with E-state index in [-0.39, 0.29) is 16.7 Å². The summed E-state index contributed by atoms with van der Waals surface area (Å²) in [5.41, 5.74) is 0.672. The number of para-hydroxylation sites is 1. The Labute approximate surface area is 299 Å². The lowest BCUT2D eigenvalue weighted by molar-refractivity contribution is -0.129. The van der Waals surface area contributed by atoms with Gasteiger partial charge in [-0.15, -0.1) is 0 Å². The molecular formula is C44H32O8. The fourth-order valence-corrected chi connectivity index (χ4v) is 5.97. The number of aldehydes is 1. The highest BCUT2D eigenvalue weighted by atomic mass is 16.6. The summed E-state index contributed by atoms with van der Waals surface area (Å²) in [4.78, 5) is 53.6. The van der Waals surface area contributed by atoms with E-state index in [0.29, 0.717) is 12.0 Å². The van der Waals surface area contributed by atoms with Crippen molar-refractivity contribution >= 4 is 56.5 Å². The molecule has 0 aliphatic heterocycles. The summed E-state index contributed by atoms with van der Waals surface area (Å²) in [6, 6.07) is 46.4. The second-order valence-electron chi connectivity index (χ2n) is 12.1. The Morgan fingerprint density at radius 1 is 0.481 bits per heavy atom. The van der Waals surface area contributed by atoms with Crippen LogP contribution in [0.25, 0.3) is 32.3 Å². The van der Waals surface area contributed by atoms with E-state index in [2.05, 4.69) is 0 Å². The largest absolute Gasteiger partial charge is 0.483 e. The Balaban J connectivity index is 1.22. The SMILES string of the molecule is O=C[C@H](OC(=O)c1ccc2ccccc2c1)[C@@H](OC(=O)c1ccc2ccccc2c1)[C@@H](COC(=O)c1ccc2ccccc2c1)Oc1ccccc1. The van der Waals surface area contributed by atoms with Crippen molar-refractivity contribution < 1.29 is 38.1 Å². The molecule has 7 rings (SSSR count). The zero-order valence-corrected chi connectivity index (χ0v) is 27.8. The summed E-state index contributed by atoms with van der Waals surface area (Å²) in [7, 11) is 0. The molecule has 0 saturated heterocycles. The van der Waals surface area contributed by atoms with E-state index in [1.807, 2.05) is 78.9 Å². The highest BCUT2D eigenvalue weighted by Gasteiger charge is 2.39. The minimum absolute atomic E-state index is 0.188. The molecule has 52 heavy (non-hydrogen) atoms. The minimum atomic E-state index is -1.66. The van der Waals surface area contributed by atoms with Crippen LogP contribution in [-0.2, 0) is 19.0 Å². The van der Waals surface area contributed by atoms with Gasteiger partial charge in [-0.05, 0) is 80.8 Å². The average molecular weight is 689 g/mol. The zero-order chi connectivity index (χ0) is 35.9. The number of esters is 3. The van der Waals surface area contributed by atoms with Crippen molar-refractivity contribution in [2.24, 2.45) is 0 Å². The van der Waals surface area contributed by atoms with Gasteiger partial charge in [0.05, 0.1) is 16.7 Å². The van der Waals surface area contributed by atoms with E-state index in [1.165, 1.54) is 0 Å². The molecule has 0 bridgehead atoms. The summed E-state index contributed by atoms with van der Waals surface area (Å²) < 4.78 is 23.8. The second kappa shape index (κ2) is 15.4. The standard InChI is InChI=1S/C44H32O8/c45-27-39(51-43(47)36-22-19-30-11-5-8-14-33(30)25-36)41(52-44(48)37-23-20-31-12-6-9-15-34(31)26-37)40(50-38-16-2-1-3-17-38)28-49-42(46)35-21-18-29-10-4-7-13-32(29)24-35/h1-27,39-41H,28H2/t39-,40+,41+/m0/s1. The van der Waals surface area contributed by atoms with Gasteiger partial charge in [-0.1, -0.05) is 109 Å². The van der Waals surface area contributed by atoms with Crippen molar-refractivity contribution in [3.05, 3.63) is 174 Å². The maximum absolute atomic E-state index is 13.8. The summed E-state index contributed by atoms with van der Waals surface area (Å²) in [5.74, 6) is -1.94. The van der Waals surface area contributed by atoms with Crippen LogP contribution >= 0.6 is 0 Å². The van der Waals surface area contributed by atoms with Crippen LogP contribution in [0.1, 0.15) is 31.1 Å². The van der Waals surface area contributed by atoms with E-state index in [0.717, 1.165) is 32.3 Å². The van der Waals surface area contributed by atoms with Gasteiger partial charge in [-0.2, -0.15) is 0 Å². The number of fused-ring (bicyclic) bond motifs is 3. The van der Waals surface area contributed by atoms with Crippen LogP contribution in [0.3, 0.4) is 0 Å². The lowest BCUT2D eigenvalue weighted by Crippen LogP contribution is -2.49. The van der Waals surface area contributed by atoms with Gasteiger partial charge >= 0.3 is 17.9 Å². The van der Waals surface area contributed by atoms with Crippen molar-refractivity contribution in [1.82, 2.24) is 0 Å². The molecule has 0 saturated carbocycles. The van der Waals surface area contributed by atoms with Crippen molar-refractivity contribution in [1.29, 1.82) is 0 Å². The number of hydrogen-bond donors (Lipinski definition) is 0. The average Bonchev–Trinajstić information content (AvgIpc) is 3.20. The van der Waals surface area contributed by atoms with Crippen LogP contribution < -0.4 is 4.74 Å². The van der Waals surface area contributed by atoms with Crippen LogP contribution in [0.5, 0.6) is 5.75 Å². The molecule has 0 aliphatic carbocycles. The molecule has 0 radical (unpaired) electrons. The van der Waals surface area contributed by atoms with Crippen LogP contribution in [0.15, 0.2) is 158 Å². The molecule has 0 spiro atoms. The molecule has 8 nitrogen and oxygen atoms in total. The smallest absolute Gasteiger partial charge is 0.338 e. The first-order valence-electron chi connectivity index (χ1n) is 16.7. The predicted molar refractivity (Wildman–Crippen MR) is 197 cm³/mol. The van der Waals surface area contributed by atoms with Gasteiger partial charge in [0, 0.05) is 0 Å². The molecule has 8 heteroatoms. The molecule has 7 aromatic carbocycles. The predicted octanol–water partition coefficient (Wildman–Crippen LogP) is 8.40. The fourth-order valence-electron chi connectivity index (χ4n) is 5.97. The molecule has 256 valence electrons. The third-order valence-corrected chi connectivity index (χ3v) is 8.68. The molecule has 0 heterocycles. The van der Waals surface area contributed by atoms with Crippen molar-refractivity contribution in [3.63, 3.8) is 0 Å². The second-order valence-corrected chi connectivity index (χ2v) is 12.1. The van der Waals surface area contributed by atoms with Crippen molar-refractivity contribution in [2.75, 3.05) is 6.61 Å². The molecule has 0 fully saturated rings. The van der Waals surface area contributed by atoms with Gasteiger partial charge in [-0.3, -0.25) is 4.79 Å².